The number of piperidine rings is 1. The molecular formula is C17H26N2O4. The molecule has 6 heteroatoms. The summed E-state index contributed by atoms with van der Waals surface area (Å²) in [6, 6.07) is 5.32. The van der Waals surface area contributed by atoms with Gasteiger partial charge in [0.15, 0.2) is 11.5 Å². The van der Waals surface area contributed by atoms with Crippen molar-refractivity contribution in [3.05, 3.63) is 23.8 Å². The van der Waals surface area contributed by atoms with Gasteiger partial charge in [-0.05, 0) is 43.9 Å². The van der Waals surface area contributed by atoms with Crippen LogP contribution >= 0.6 is 0 Å². The second-order valence-electron chi connectivity index (χ2n) is 5.85. The molecule has 1 aromatic carbocycles. The lowest BCUT2D eigenvalue weighted by molar-refractivity contribution is 0.0562. The summed E-state index contributed by atoms with van der Waals surface area (Å²) < 4.78 is 10.5. The highest BCUT2D eigenvalue weighted by Gasteiger charge is 2.29. The number of rotatable bonds is 5. The third-order valence-electron chi connectivity index (χ3n) is 4.26. The summed E-state index contributed by atoms with van der Waals surface area (Å²) in [6.45, 7) is 2.83. The van der Waals surface area contributed by atoms with Crippen molar-refractivity contribution in [2.24, 2.45) is 0 Å². The van der Waals surface area contributed by atoms with Crippen molar-refractivity contribution in [2.45, 2.75) is 44.9 Å². The zero-order valence-electron chi connectivity index (χ0n) is 14.0. The number of hydrogen-bond donors (Lipinski definition) is 2. The van der Waals surface area contributed by atoms with Crippen molar-refractivity contribution in [1.29, 1.82) is 0 Å². The summed E-state index contributed by atoms with van der Waals surface area (Å²) in [6.07, 6.45) is 2.37. The lowest BCUT2D eigenvalue weighted by Gasteiger charge is -2.37. The zero-order valence-corrected chi connectivity index (χ0v) is 14.0. The predicted octanol–water partition coefficient (Wildman–Crippen LogP) is 2.15. The van der Waals surface area contributed by atoms with Gasteiger partial charge in [0.2, 0.25) is 0 Å². The third kappa shape index (κ3) is 4.28. The van der Waals surface area contributed by atoms with E-state index in [9.17, 15) is 9.90 Å². The van der Waals surface area contributed by atoms with Gasteiger partial charge >= 0.3 is 6.03 Å². The maximum Gasteiger partial charge on any atom is 0.318 e. The van der Waals surface area contributed by atoms with Gasteiger partial charge in [-0.2, -0.15) is 0 Å². The Kier molecular flexibility index (Phi) is 6.10. The van der Waals surface area contributed by atoms with Crippen LogP contribution in [-0.4, -0.2) is 48.9 Å². The number of amides is 2. The molecule has 1 heterocycles. The Bertz CT molecular complexity index is 533. The molecule has 1 fully saturated rings. The number of aliphatic hydroxyl groups is 1. The molecule has 1 saturated heterocycles. The van der Waals surface area contributed by atoms with E-state index in [0.717, 1.165) is 24.8 Å². The van der Waals surface area contributed by atoms with Crippen molar-refractivity contribution in [3.8, 4) is 11.5 Å². The molecule has 0 saturated carbocycles. The van der Waals surface area contributed by atoms with Crippen molar-refractivity contribution in [3.63, 3.8) is 0 Å². The monoisotopic (exact) mass is 322 g/mol. The molecular weight excluding hydrogens is 296 g/mol. The number of nitrogens with zero attached hydrogens (tertiary/aromatic N) is 1. The van der Waals surface area contributed by atoms with Gasteiger partial charge in [0.1, 0.15) is 0 Å². The first-order chi connectivity index (χ1) is 11.1. The Morgan fingerprint density at radius 3 is 2.74 bits per heavy atom. The quantitative estimate of drug-likeness (QED) is 0.871. The van der Waals surface area contributed by atoms with Crippen LogP contribution in [0.2, 0.25) is 0 Å². The van der Waals surface area contributed by atoms with Crippen molar-refractivity contribution < 1.29 is 19.4 Å². The van der Waals surface area contributed by atoms with Gasteiger partial charge in [0.25, 0.3) is 0 Å². The number of carbonyl (C=O) groups is 1. The fourth-order valence-corrected chi connectivity index (χ4v) is 2.98. The van der Waals surface area contributed by atoms with E-state index in [1.807, 2.05) is 18.2 Å². The number of benzene rings is 1. The number of carbonyl (C=O) groups excluding carboxylic acids is 1. The van der Waals surface area contributed by atoms with Gasteiger partial charge in [0, 0.05) is 13.1 Å². The lowest BCUT2D eigenvalue weighted by Crippen LogP contribution is -2.52. The minimum Gasteiger partial charge on any atom is -0.493 e. The molecule has 2 N–H and O–H groups in total. The van der Waals surface area contributed by atoms with Crippen molar-refractivity contribution >= 4 is 6.03 Å². The molecule has 0 radical (unpaired) electrons. The van der Waals surface area contributed by atoms with Gasteiger partial charge in [-0.3, -0.25) is 0 Å². The van der Waals surface area contributed by atoms with Crippen LogP contribution in [0.15, 0.2) is 18.2 Å². The Hall–Kier alpha value is -1.95. The molecule has 2 unspecified atom stereocenters. The van der Waals surface area contributed by atoms with Crippen LogP contribution in [0.3, 0.4) is 0 Å². The Labute approximate surface area is 137 Å². The highest BCUT2D eigenvalue weighted by Crippen LogP contribution is 2.27. The summed E-state index contributed by atoms with van der Waals surface area (Å²) >= 11 is 0. The molecule has 1 aliphatic heterocycles. The van der Waals surface area contributed by atoms with E-state index in [-0.39, 0.29) is 12.1 Å². The second kappa shape index (κ2) is 8.06. The van der Waals surface area contributed by atoms with Crippen LogP contribution in [0, 0.1) is 0 Å². The van der Waals surface area contributed by atoms with Gasteiger partial charge < -0.3 is 24.8 Å². The summed E-state index contributed by atoms with van der Waals surface area (Å²) in [5, 5.41) is 12.8. The highest BCUT2D eigenvalue weighted by atomic mass is 16.5. The first kappa shape index (κ1) is 17.4. The predicted molar refractivity (Wildman–Crippen MR) is 87.8 cm³/mol. The third-order valence-corrected chi connectivity index (χ3v) is 4.26. The van der Waals surface area contributed by atoms with Gasteiger partial charge in [-0.15, -0.1) is 0 Å². The largest absolute Gasteiger partial charge is 0.493 e. The molecule has 0 aromatic heterocycles. The summed E-state index contributed by atoms with van der Waals surface area (Å²) in [5.74, 6) is 1.30. The van der Waals surface area contributed by atoms with Crippen LogP contribution in [0.25, 0.3) is 0 Å². The number of likely N-dealkylation sites (tertiary alicyclic amines) is 1. The number of ether oxygens (including phenoxy) is 2. The van der Waals surface area contributed by atoms with Gasteiger partial charge in [-0.25, -0.2) is 4.79 Å². The van der Waals surface area contributed by atoms with Crippen LogP contribution in [0.5, 0.6) is 11.5 Å². The SMILES string of the molecule is COc1ccc(CNC(=O)N2CCCCC2C(C)O)cc1OC. The first-order valence-corrected chi connectivity index (χ1v) is 8.00. The fraction of sp³-hybridized carbons (Fsp3) is 0.588. The molecule has 0 bridgehead atoms. The standard InChI is InChI=1S/C17H26N2O4/c1-12(20)14-6-4-5-9-19(14)17(21)18-11-13-7-8-15(22-2)16(10-13)23-3/h7-8,10,12,14,20H,4-6,9,11H2,1-3H3,(H,18,21). The van der Waals surface area contributed by atoms with E-state index in [1.54, 1.807) is 26.0 Å². The number of hydrogen-bond acceptors (Lipinski definition) is 4. The van der Waals surface area contributed by atoms with E-state index in [0.29, 0.717) is 24.6 Å². The molecule has 0 aliphatic carbocycles. The number of aliphatic hydroxyl groups excluding tert-OH is 1. The smallest absolute Gasteiger partial charge is 0.318 e. The van der Waals surface area contributed by atoms with Crippen LogP contribution < -0.4 is 14.8 Å². The number of nitrogens with one attached hydrogen (secondary N) is 1. The molecule has 128 valence electrons. The van der Waals surface area contributed by atoms with E-state index >= 15 is 0 Å². The van der Waals surface area contributed by atoms with Crippen LogP contribution in [-0.2, 0) is 6.54 Å². The molecule has 2 rings (SSSR count). The summed E-state index contributed by atoms with van der Waals surface area (Å²) in [4.78, 5) is 14.2. The highest BCUT2D eigenvalue weighted by molar-refractivity contribution is 5.74. The molecule has 6 nitrogen and oxygen atoms in total. The van der Waals surface area contributed by atoms with Crippen molar-refractivity contribution in [2.75, 3.05) is 20.8 Å². The van der Waals surface area contributed by atoms with E-state index in [4.69, 9.17) is 9.47 Å². The Morgan fingerprint density at radius 2 is 2.09 bits per heavy atom. The maximum atomic E-state index is 12.4. The van der Waals surface area contributed by atoms with E-state index < -0.39 is 6.10 Å². The minimum atomic E-state index is -0.512. The first-order valence-electron chi connectivity index (χ1n) is 8.00. The second-order valence-corrected chi connectivity index (χ2v) is 5.85. The lowest BCUT2D eigenvalue weighted by atomic mass is 9.98. The van der Waals surface area contributed by atoms with Gasteiger partial charge in [-0.1, -0.05) is 6.07 Å². The summed E-state index contributed by atoms with van der Waals surface area (Å²) in [7, 11) is 3.17. The van der Waals surface area contributed by atoms with E-state index in [2.05, 4.69) is 5.32 Å². The average Bonchev–Trinajstić information content (AvgIpc) is 2.59. The molecule has 23 heavy (non-hydrogen) atoms. The Morgan fingerprint density at radius 1 is 1.35 bits per heavy atom. The normalized spacial score (nSPS) is 19.1. The molecule has 0 spiro atoms. The molecule has 1 aromatic rings. The maximum absolute atomic E-state index is 12.4. The van der Waals surface area contributed by atoms with Crippen LogP contribution in [0.4, 0.5) is 4.79 Å². The zero-order chi connectivity index (χ0) is 16.8. The average molecular weight is 322 g/mol. The molecule has 2 amide bonds. The number of methoxy groups -OCH3 is 2. The minimum absolute atomic E-state index is 0.103. The summed E-state index contributed by atoms with van der Waals surface area (Å²) in [5.41, 5.74) is 0.932. The molecule has 1 aliphatic rings. The number of urea groups is 1. The molecule has 2 atom stereocenters. The van der Waals surface area contributed by atoms with Crippen LogP contribution in [0.1, 0.15) is 31.7 Å². The Balaban J connectivity index is 1.98. The topological polar surface area (TPSA) is 71.0 Å². The van der Waals surface area contributed by atoms with Crippen molar-refractivity contribution in [1.82, 2.24) is 10.2 Å². The fourth-order valence-electron chi connectivity index (χ4n) is 2.98. The van der Waals surface area contributed by atoms with Gasteiger partial charge in [0.05, 0.1) is 26.4 Å². The van der Waals surface area contributed by atoms with E-state index in [1.165, 1.54) is 0 Å².